The van der Waals surface area contributed by atoms with Gasteiger partial charge in [-0.3, -0.25) is 0 Å². The van der Waals surface area contributed by atoms with E-state index in [0.29, 0.717) is 18.4 Å². The number of alkyl halides is 3. The van der Waals surface area contributed by atoms with Gasteiger partial charge in [-0.2, -0.15) is 21.6 Å². The third-order valence-electron chi connectivity index (χ3n) is 2.30. The quantitative estimate of drug-likeness (QED) is 0.667. The predicted octanol–water partition coefficient (Wildman–Crippen LogP) is 2.57. The van der Waals surface area contributed by atoms with Gasteiger partial charge in [-0.25, -0.2) is 4.79 Å². The molecule has 1 N–H and O–H groups in total. The number of halogens is 3. The van der Waals surface area contributed by atoms with Gasteiger partial charge in [0.05, 0.1) is 0 Å². The second-order valence-electron chi connectivity index (χ2n) is 3.87. The number of benzene rings is 1. The zero-order chi connectivity index (χ0) is 15.6. The summed E-state index contributed by atoms with van der Waals surface area (Å²) in [6.07, 6.45) is 1.10. The molecule has 0 aliphatic heterocycles. The van der Waals surface area contributed by atoms with Gasteiger partial charge in [-0.15, -0.1) is 0 Å². The Bertz CT molecular complexity index is 607. The van der Waals surface area contributed by atoms with Gasteiger partial charge in [-0.1, -0.05) is 19.4 Å². The summed E-state index contributed by atoms with van der Waals surface area (Å²) >= 11 is 0. The van der Waals surface area contributed by atoms with Crippen molar-refractivity contribution >= 4 is 16.1 Å². The molecule has 0 radical (unpaired) electrons. The lowest BCUT2D eigenvalue weighted by Gasteiger charge is -2.12. The number of hydrogen-bond donors (Lipinski definition) is 1. The maximum absolute atomic E-state index is 12.2. The molecule has 1 aromatic rings. The van der Waals surface area contributed by atoms with Crippen molar-refractivity contribution in [1.82, 2.24) is 0 Å². The van der Waals surface area contributed by atoms with Gasteiger partial charge in [-0.05, 0) is 24.1 Å². The number of hydrogen-bond acceptors (Lipinski definition) is 4. The van der Waals surface area contributed by atoms with E-state index in [2.05, 4.69) is 4.18 Å². The van der Waals surface area contributed by atoms with Crippen LogP contribution in [-0.4, -0.2) is 25.0 Å². The Balaban J connectivity index is 3.27. The second-order valence-corrected chi connectivity index (χ2v) is 5.41. The highest BCUT2D eigenvalue weighted by Crippen LogP contribution is 2.30. The topological polar surface area (TPSA) is 80.7 Å². The van der Waals surface area contributed by atoms with Crippen molar-refractivity contribution < 1.29 is 35.7 Å². The standard InChI is InChI=1S/C11H11F3O5S/c1-2-3-7-4-5-8(10(15)16)9(6-7)19-20(17,18)11(12,13)14/h4-6H,2-3H2,1H3,(H,15,16). The number of carboxylic acids is 1. The molecule has 0 atom stereocenters. The van der Waals surface area contributed by atoms with E-state index in [4.69, 9.17) is 5.11 Å². The molecule has 0 saturated carbocycles. The number of carboxylic acid groups (broad SMARTS) is 1. The lowest BCUT2D eigenvalue weighted by Crippen LogP contribution is -2.28. The summed E-state index contributed by atoms with van der Waals surface area (Å²) in [4.78, 5) is 10.9. The van der Waals surface area contributed by atoms with Crippen LogP contribution in [0.2, 0.25) is 0 Å². The van der Waals surface area contributed by atoms with Crippen LogP contribution in [0.4, 0.5) is 13.2 Å². The van der Waals surface area contributed by atoms with Crippen LogP contribution in [0.15, 0.2) is 18.2 Å². The first-order valence-corrected chi connectivity index (χ1v) is 6.86. The minimum atomic E-state index is -5.90. The van der Waals surface area contributed by atoms with E-state index >= 15 is 0 Å². The molecule has 5 nitrogen and oxygen atoms in total. The van der Waals surface area contributed by atoms with Crippen molar-refractivity contribution in [2.75, 3.05) is 0 Å². The van der Waals surface area contributed by atoms with E-state index in [9.17, 15) is 26.4 Å². The van der Waals surface area contributed by atoms with E-state index in [1.807, 2.05) is 0 Å². The Labute approximate surface area is 113 Å². The molecular weight excluding hydrogens is 301 g/mol. The summed E-state index contributed by atoms with van der Waals surface area (Å²) in [5.41, 5.74) is -5.80. The lowest BCUT2D eigenvalue weighted by atomic mass is 10.1. The van der Waals surface area contributed by atoms with Gasteiger partial charge >= 0.3 is 21.6 Å². The highest BCUT2D eigenvalue weighted by atomic mass is 32.2. The molecule has 0 amide bonds. The van der Waals surface area contributed by atoms with Crippen LogP contribution in [0.5, 0.6) is 5.75 Å². The largest absolute Gasteiger partial charge is 0.534 e. The Morgan fingerprint density at radius 2 is 1.95 bits per heavy atom. The first-order chi connectivity index (χ1) is 9.08. The summed E-state index contributed by atoms with van der Waals surface area (Å²) < 4.78 is 62.5. The second kappa shape index (κ2) is 5.70. The van der Waals surface area contributed by atoms with Crippen molar-refractivity contribution in [2.45, 2.75) is 25.3 Å². The minimum absolute atomic E-state index is 0.447. The van der Waals surface area contributed by atoms with Crippen molar-refractivity contribution in [1.29, 1.82) is 0 Å². The van der Waals surface area contributed by atoms with Crippen LogP contribution >= 0.6 is 0 Å². The maximum atomic E-state index is 12.2. The molecule has 0 saturated heterocycles. The molecule has 0 aliphatic rings. The molecule has 20 heavy (non-hydrogen) atoms. The number of aromatic carboxylic acids is 1. The van der Waals surface area contributed by atoms with Crippen molar-refractivity contribution in [2.24, 2.45) is 0 Å². The van der Waals surface area contributed by atoms with E-state index in [1.165, 1.54) is 6.07 Å². The number of rotatable bonds is 5. The van der Waals surface area contributed by atoms with Gasteiger partial charge in [0.15, 0.2) is 5.75 Å². The number of aryl methyl sites for hydroxylation is 1. The molecule has 0 spiro atoms. The monoisotopic (exact) mass is 312 g/mol. The van der Waals surface area contributed by atoms with E-state index in [1.54, 1.807) is 6.92 Å². The molecule has 9 heteroatoms. The molecule has 0 fully saturated rings. The summed E-state index contributed by atoms with van der Waals surface area (Å²) in [6.45, 7) is 1.80. The Kier molecular flexibility index (Phi) is 4.64. The summed E-state index contributed by atoms with van der Waals surface area (Å²) in [5, 5.41) is 8.83. The fourth-order valence-corrected chi connectivity index (χ4v) is 1.89. The highest BCUT2D eigenvalue weighted by molar-refractivity contribution is 7.88. The van der Waals surface area contributed by atoms with E-state index < -0.39 is 32.9 Å². The van der Waals surface area contributed by atoms with Crippen LogP contribution in [0.1, 0.15) is 29.3 Å². The summed E-state index contributed by atoms with van der Waals surface area (Å²) in [5.74, 6) is -2.43. The van der Waals surface area contributed by atoms with Crippen molar-refractivity contribution in [3.8, 4) is 5.75 Å². The highest BCUT2D eigenvalue weighted by Gasteiger charge is 2.49. The summed E-state index contributed by atoms with van der Waals surface area (Å²) in [7, 11) is -5.90. The average molecular weight is 312 g/mol. The van der Waals surface area contributed by atoms with Crippen molar-refractivity contribution in [3.63, 3.8) is 0 Å². The fraction of sp³-hybridized carbons (Fsp3) is 0.364. The van der Waals surface area contributed by atoms with Crippen LogP contribution in [0.3, 0.4) is 0 Å². The Hall–Kier alpha value is -1.77. The first kappa shape index (κ1) is 16.3. The molecule has 0 bridgehead atoms. The van der Waals surface area contributed by atoms with Gasteiger partial charge in [0.2, 0.25) is 0 Å². The van der Waals surface area contributed by atoms with Gasteiger partial charge in [0.25, 0.3) is 0 Å². The van der Waals surface area contributed by atoms with E-state index in [-0.39, 0.29) is 0 Å². The van der Waals surface area contributed by atoms with Gasteiger partial charge in [0, 0.05) is 0 Å². The molecule has 0 heterocycles. The molecule has 0 aliphatic carbocycles. The van der Waals surface area contributed by atoms with Crippen LogP contribution in [-0.2, 0) is 16.5 Å². The minimum Gasteiger partial charge on any atom is -0.478 e. The van der Waals surface area contributed by atoms with E-state index in [0.717, 1.165) is 12.1 Å². The third kappa shape index (κ3) is 3.62. The summed E-state index contributed by atoms with van der Waals surface area (Å²) in [6, 6.07) is 3.38. The zero-order valence-corrected chi connectivity index (χ0v) is 11.1. The average Bonchev–Trinajstić information content (AvgIpc) is 2.27. The zero-order valence-electron chi connectivity index (χ0n) is 10.3. The third-order valence-corrected chi connectivity index (χ3v) is 3.26. The smallest absolute Gasteiger partial charge is 0.478 e. The number of carbonyl (C=O) groups is 1. The molecule has 112 valence electrons. The lowest BCUT2D eigenvalue weighted by molar-refractivity contribution is -0.0500. The Morgan fingerprint density at radius 3 is 2.40 bits per heavy atom. The molecule has 0 unspecified atom stereocenters. The molecular formula is C11H11F3O5S. The normalized spacial score (nSPS) is 12.2. The Morgan fingerprint density at radius 1 is 1.35 bits per heavy atom. The SMILES string of the molecule is CCCc1ccc(C(=O)O)c(OS(=O)(=O)C(F)(F)F)c1. The molecule has 1 rings (SSSR count). The van der Waals surface area contributed by atoms with Crippen molar-refractivity contribution in [3.05, 3.63) is 29.3 Å². The molecule has 0 aromatic heterocycles. The van der Waals surface area contributed by atoms with Gasteiger partial charge < -0.3 is 9.29 Å². The fourth-order valence-electron chi connectivity index (χ4n) is 1.42. The predicted molar refractivity (Wildman–Crippen MR) is 63.0 cm³/mol. The first-order valence-electron chi connectivity index (χ1n) is 5.45. The van der Waals surface area contributed by atoms with Crippen LogP contribution < -0.4 is 4.18 Å². The maximum Gasteiger partial charge on any atom is 0.534 e. The molecule has 1 aromatic carbocycles. The van der Waals surface area contributed by atoms with Crippen LogP contribution in [0, 0.1) is 0 Å². The van der Waals surface area contributed by atoms with Gasteiger partial charge in [0.1, 0.15) is 5.56 Å². The van der Waals surface area contributed by atoms with Crippen LogP contribution in [0.25, 0.3) is 0 Å².